The number of nitrogens with one attached hydrogen (secondary N) is 2. The smallest absolute Gasteiger partial charge is 0.144 e. The van der Waals surface area contributed by atoms with E-state index in [1.54, 1.807) is 7.11 Å². The minimum absolute atomic E-state index is 0.204. The summed E-state index contributed by atoms with van der Waals surface area (Å²) in [5.74, 6) is 2.83. The van der Waals surface area contributed by atoms with Gasteiger partial charge in [0.05, 0.1) is 35.1 Å². The van der Waals surface area contributed by atoms with E-state index in [1.807, 2.05) is 49.7 Å². The van der Waals surface area contributed by atoms with Gasteiger partial charge in [-0.25, -0.2) is 9.97 Å². The maximum absolute atomic E-state index is 5.86. The second-order valence-electron chi connectivity index (χ2n) is 10.1. The van der Waals surface area contributed by atoms with Crippen LogP contribution in [0.4, 0.5) is 11.5 Å². The summed E-state index contributed by atoms with van der Waals surface area (Å²) >= 11 is 0. The molecule has 6 rings (SSSR count). The average molecular weight is 522 g/mol. The van der Waals surface area contributed by atoms with Gasteiger partial charge in [-0.1, -0.05) is 35.5 Å². The van der Waals surface area contributed by atoms with E-state index in [0.29, 0.717) is 11.6 Å². The summed E-state index contributed by atoms with van der Waals surface area (Å²) in [6.07, 6.45) is 0. The van der Waals surface area contributed by atoms with Crippen LogP contribution in [-0.2, 0) is 0 Å². The van der Waals surface area contributed by atoms with Crippen molar-refractivity contribution in [2.75, 3.05) is 12.4 Å². The zero-order valence-electron chi connectivity index (χ0n) is 23.2. The Kier molecular flexibility index (Phi) is 5.86. The van der Waals surface area contributed by atoms with E-state index in [-0.39, 0.29) is 6.04 Å². The van der Waals surface area contributed by atoms with Crippen molar-refractivity contribution >= 4 is 33.4 Å². The highest BCUT2D eigenvalue weighted by Crippen LogP contribution is 2.42. The third-order valence-corrected chi connectivity index (χ3v) is 7.12. The van der Waals surface area contributed by atoms with Crippen molar-refractivity contribution in [1.82, 2.24) is 29.9 Å². The van der Waals surface area contributed by atoms with E-state index in [0.717, 1.165) is 72.9 Å². The standard InChI is InChI=1S/C30H31N7O2/c1-15(2)37-17(4)27(28(35-37)20-11-9-8-10-12-20)34-30-26-21-14-24(38-7)22(25-16(3)36-39-18(25)5)13-23(21)33-29(26)31-19(6)32-30/h8-15H,1-7H3,(H2,31,32,33,34). The van der Waals surface area contributed by atoms with Crippen molar-refractivity contribution in [3.8, 4) is 28.1 Å². The van der Waals surface area contributed by atoms with E-state index in [9.17, 15) is 0 Å². The van der Waals surface area contributed by atoms with Gasteiger partial charge in [-0.2, -0.15) is 5.10 Å². The molecule has 0 spiro atoms. The summed E-state index contributed by atoms with van der Waals surface area (Å²) in [6.45, 7) is 12.1. The molecule has 0 aliphatic heterocycles. The lowest BCUT2D eigenvalue weighted by molar-refractivity contribution is 0.393. The first-order chi connectivity index (χ1) is 18.8. The van der Waals surface area contributed by atoms with E-state index < -0.39 is 0 Å². The van der Waals surface area contributed by atoms with Gasteiger partial charge < -0.3 is 19.6 Å². The molecule has 4 heterocycles. The molecule has 198 valence electrons. The van der Waals surface area contributed by atoms with Crippen LogP contribution >= 0.6 is 0 Å². The summed E-state index contributed by atoms with van der Waals surface area (Å²) in [6, 6.07) is 14.5. The van der Waals surface area contributed by atoms with E-state index in [4.69, 9.17) is 24.3 Å². The highest BCUT2D eigenvalue weighted by Gasteiger charge is 2.23. The largest absolute Gasteiger partial charge is 0.496 e. The number of methoxy groups -OCH3 is 1. The number of aromatic amines is 1. The van der Waals surface area contributed by atoms with Crippen LogP contribution in [0.1, 0.15) is 42.9 Å². The molecule has 6 aromatic rings. The highest BCUT2D eigenvalue weighted by atomic mass is 16.5. The van der Waals surface area contributed by atoms with E-state index >= 15 is 0 Å². The molecule has 9 nitrogen and oxygen atoms in total. The van der Waals surface area contributed by atoms with Gasteiger partial charge in [0, 0.05) is 28.1 Å². The van der Waals surface area contributed by atoms with Crippen LogP contribution in [0.25, 0.3) is 44.3 Å². The van der Waals surface area contributed by atoms with Gasteiger partial charge in [0.25, 0.3) is 0 Å². The van der Waals surface area contributed by atoms with Crippen LogP contribution in [-0.4, -0.2) is 37.0 Å². The van der Waals surface area contributed by atoms with E-state index in [1.165, 1.54) is 0 Å². The number of hydrogen-bond acceptors (Lipinski definition) is 7. The number of benzene rings is 2. The zero-order chi connectivity index (χ0) is 27.4. The molecule has 0 fully saturated rings. The molecule has 39 heavy (non-hydrogen) atoms. The minimum Gasteiger partial charge on any atom is -0.496 e. The number of nitrogens with zero attached hydrogens (tertiary/aromatic N) is 5. The lowest BCUT2D eigenvalue weighted by Crippen LogP contribution is -2.05. The number of aryl methyl sites for hydroxylation is 3. The summed E-state index contributed by atoms with van der Waals surface area (Å²) < 4.78 is 13.3. The monoisotopic (exact) mass is 521 g/mol. The Morgan fingerprint density at radius 3 is 2.46 bits per heavy atom. The Morgan fingerprint density at radius 1 is 1.03 bits per heavy atom. The fourth-order valence-corrected chi connectivity index (χ4v) is 5.35. The van der Waals surface area contributed by atoms with Gasteiger partial charge in [0.1, 0.15) is 34.5 Å². The van der Waals surface area contributed by atoms with Crippen LogP contribution in [0.3, 0.4) is 0 Å². The van der Waals surface area contributed by atoms with Gasteiger partial charge >= 0.3 is 0 Å². The first kappa shape index (κ1) is 24.7. The predicted molar refractivity (Wildman–Crippen MR) is 154 cm³/mol. The third kappa shape index (κ3) is 4.01. The molecule has 0 saturated carbocycles. The molecular formula is C30H31N7O2. The maximum Gasteiger partial charge on any atom is 0.144 e. The van der Waals surface area contributed by atoms with Crippen molar-refractivity contribution in [3.63, 3.8) is 0 Å². The zero-order valence-corrected chi connectivity index (χ0v) is 23.2. The molecule has 0 aliphatic rings. The molecule has 9 heteroatoms. The van der Waals surface area contributed by atoms with Crippen molar-refractivity contribution in [3.05, 3.63) is 65.4 Å². The maximum atomic E-state index is 5.86. The molecular weight excluding hydrogens is 490 g/mol. The summed E-state index contributed by atoms with van der Waals surface area (Å²) in [5.41, 5.74) is 8.18. The number of fused-ring (bicyclic) bond motifs is 3. The van der Waals surface area contributed by atoms with Crippen LogP contribution < -0.4 is 10.1 Å². The quantitative estimate of drug-likeness (QED) is 0.239. The Labute approximate surface area is 226 Å². The van der Waals surface area contributed by atoms with E-state index in [2.05, 4.69) is 54.4 Å². The second-order valence-corrected chi connectivity index (χ2v) is 10.1. The van der Waals surface area contributed by atoms with Crippen LogP contribution in [0.15, 0.2) is 47.0 Å². The number of hydrogen-bond donors (Lipinski definition) is 2. The van der Waals surface area contributed by atoms with Crippen molar-refractivity contribution < 1.29 is 9.26 Å². The topological polar surface area (TPSA) is 107 Å². The molecule has 0 bridgehead atoms. The molecule has 0 amide bonds. The minimum atomic E-state index is 0.204. The SMILES string of the molecule is COc1cc2c(cc1-c1c(C)noc1C)[nH]c1nc(C)nc(Nc3c(-c4ccccc4)nn(C(C)C)c3C)c12. The van der Waals surface area contributed by atoms with Gasteiger partial charge in [0.2, 0.25) is 0 Å². The Hall–Kier alpha value is -4.66. The Bertz CT molecular complexity index is 1830. The number of aromatic nitrogens is 6. The number of rotatable bonds is 6. The average Bonchev–Trinajstić information content (AvgIpc) is 3.55. The van der Waals surface area contributed by atoms with Crippen molar-refractivity contribution in [1.29, 1.82) is 0 Å². The summed E-state index contributed by atoms with van der Waals surface area (Å²) in [4.78, 5) is 13.1. The lowest BCUT2D eigenvalue weighted by Gasteiger charge is -2.12. The number of anilines is 2. The molecule has 2 aromatic carbocycles. The third-order valence-electron chi connectivity index (χ3n) is 7.12. The first-order valence-electron chi connectivity index (χ1n) is 13.0. The fourth-order valence-electron chi connectivity index (χ4n) is 5.35. The molecule has 2 N–H and O–H groups in total. The Balaban J connectivity index is 1.58. The number of H-pyrrole nitrogens is 1. The van der Waals surface area contributed by atoms with Crippen LogP contribution in [0.2, 0.25) is 0 Å². The molecule has 0 unspecified atom stereocenters. The van der Waals surface area contributed by atoms with Gasteiger partial charge in [-0.3, -0.25) is 4.68 Å². The first-order valence-corrected chi connectivity index (χ1v) is 13.0. The molecule has 4 aromatic heterocycles. The second kappa shape index (κ2) is 9.27. The van der Waals surface area contributed by atoms with Crippen LogP contribution in [0, 0.1) is 27.7 Å². The summed E-state index contributed by atoms with van der Waals surface area (Å²) in [5, 5.41) is 14.6. The predicted octanol–water partition coefficient (Wildman–Crippen LogP) is 7.20. The normalized spacial score (nSPS) is 11.7. The summed E-state index contributed by atoms with van der Waals surface area (Å²) in [7, 11) is 1.67. The fraction of sp³-hybridized carbons (Fsp3) is 0.267. The lowest BCUT2D eigenvalue weighted by atomic mass is 10.0. The van der Waals surface area contributed by atoms with Gasteiger partial charge in [0.15, 0.2) is 0 Å². The molecule has 0 saturated heterocycles. The van der Waals surface area contributed by atoms with Gasteiger partial charge in [-0.05, 0) is 53.7 Å². The Morgan fingerprint density at radius 2 is 1.79 bits per heavy atom. The molecule has 0 atom stereocenters. The number of ether oxygens (including phenoxy) is 1. The van der Waals surface area contributed by atoms with Crippen LogP contribution in [0.5, 0.6) is 5.75 Å². The van der Waals surface area contributed by atoms with Gasteiger partial charge in [-0.15, -0.1) is 0 Å². The van der Waals surface area contributed by atoms with Crippen molar-refractivity contribution in [2.45, 2.75) is 47.6 Å². The molecule has 0 aliphatic carbocycles. The molecule has 0 radical (unpaired) electrons. The highest BCUT2D eigenvalue weighted by molar-refractivity contribution is 6.13. The van der Waals surface area contributed by atoms with Crippen molar-refractivity contribution in [2.24, 2.45) is 0 Å².